The van der Waals surface area contributed by atoms with Gasteiger partial charge in [-0.1, -0.05) is 26.0 Å². The Morgan fingerprint density at radius 2 is 1.09 bits per heavy atom. The average molecular weight is 454 g/mol. The van der Waals surface area contributed by atoms with Gasteiger partial charge >= 0.3 is 0 Å². The fraction of sp³-hybridized carbons (Fsp3) is 0.0952. The second-order valence-electron chi connectivity index (χ2n) is 4.86. The largest absolute Gasteiger partial charge is 0.213 e. The Morgan fingerprint density at radius 3 is 1.23 bits per heavy atom. The number of aryl methyl sites for hydroxylation is 2. The van der Waals surface area contributed by atoms with Crippen LogP contribution in [-0.2, 0) is 25.8 Å². The second-order valence-corrected chi connectivity index (χ2v) is 4.86. The summed E-state index contributed by atoms with van der Waals surface area (Å²) in [4.78, 5) is 0. The van der Waals surface area contributed by atoms with Gasteiger partial charge in [0.05, 0.1) is 0 Å². The van der Waals surface area contributed by atoms with Crippen LogP contribution in [0.3, 0.4) is 0 Å². The van der Waals surface area contributed by atoms with Crippen molar-refractivity contribution in [1.82, 2.24) is 0 Å². The summed E-state index contributed by atoms with van der Waals surface area (Å²) >= 11 is 0. The summed E-state index contributed by atoms with van der Waals surface area (Å²) in [6.45, 7) is 11.7. The van der Waals surface area contributed by atoms with E-state index in [1.165, 1.54) is 11.1 Å². The van der Waals surface area contributed by atoms with Crippen LogP contribution in [0, 0.1) is 27.7 Å². The number of hydrogen-bond acceptors (Lipinski definition) is 0. The van der Waals surface area contributed by atoms with Crippen molar-refractivity contribution in [2.45, 2.75) is 13.8 Å². The maximum Gasteiger partial charge on any atom is 0 e. The van der Waals surface area contributed by atoms with Gasteiger partial charge in [0.2, 0.25) is 0 Å². The SMILES string of the molecule is Cc1ccc[c-]1C.[CH2-]c1ccccc1.[CH2-]c1ccccc1.[Hf]. The van der Waals surface area contributed by atoms with Gasteiger partial charge in [-0.25, -0.2) is 12.1 Å². The summed E-state index contributed by atoms with van der Waals surface area (Å²) in [6, 6.07) is 26.1. The summed E-state index contributed by atoms with van der Waals surface area (Å²) < 4.78 is 0. The first-order valence-electron chi connectivity index (χ1n) is 7.02. The third-order valence-corrected chi connectivity index (χ3v) is 3.00. The Morgan fingerprint density at radius 1 is 0.682 bits per heavy atom. The molecule has 0 bridgehead atoms. The van der Waals surface area contributed by atoms with Crippen LogP contribution in [0.25, 0.3) is 0 Å². The molecule has 1 heteroatoms. The maximum atomic E-state index is 3.72. The molecular formula is C21H23Hf-3. The zero-order chi connectivity index (χ0) is 15.5. The van der Waals surface area contributed by atoms with Crippen molar-refractivity contribution < 1.29 is 25.8 Å². The molecule has 0 heterocycles. The standard InChI is InChI=1S/C7H9.2C7H7.Hf/c1-6-4-3-5-7(6)2;2*1-7-5-3-2-4-6-7;/h3-5H,1-2H3;2*2-6H,1H2;/q3*-1;. The van der Waals surface area contributed by atoms with Gasteiger partial charge in [0.15, 0.2) is 0 Å². The fourth-order valence-corrected chi connectivity index (χ4v) is 1.56. The van der Waals surface area contributed by atoms with Gasteiger partial charge in [-0.15, -0.1) is 24.3 Å². The van der Waals surface area contributed by atoms with Crippen LogP contribution in [0.2, 0.25) is 0 Å². The minimum atomic E-state index is 0. The summed E-state index contributed by atoms with van der Waals surface area (Å²) in [5.74, 6) is 0. The first-order valence-corrected chi connectivity index (χ1v) is 7.02. The number of benzene rings is 2. The summed E-state index contributed by atoms with van der Waals surface area (Å²) in [5.41, 5.74) is 4.92. The monoisotopic (exact) mass is 455 g/mol. The van der Waals surface area contributed by atoms with Crippen LogP contribution in [0.1, 0.15) is 22.3 Å². The van der Waals surface area contributed by atoms with E-state index < -0.39 is 0 Å². The first-order chi connectivity index (χ1) is 10.1. The molecule has 0 unspecified atom stereocenters. The molecule has 3 aromatic rings. The van der Waals surface area contributed by atoms with Crippen molar-refractivity contribution in [1.29, 1.82) is 0 Å². The maximum absolute atomic E-state index is 3.72. The van der Waals surface area contributed by atoms with E-state index in [9.17, 15) is 0 Å². The van der Waals surface area contributed by atoms with Crippen molar-refractivity contribution in [3.8, 4) is 0 Å². The van der Waals surface area contributed by atoms with Gasteiger partial charge in [0.1, 0.15) is 0 Å². The van der Waals surface area contributed by atoms with Gasteiger partial charge in [0, 0.05) is 25.8 Å². The number of hydrogen-bond donors (Lipinski definition) is 0. The molecule has 0 saturated heterocycles. The summed E-state index contributed by atoms with van der Waals surface area (Å²) in [5, 5.41) is 0. The average Bonchev–Trinajstić information content (AvgIpc) is 2.86. The van der Waals surface area contributed by atoms with Crippen molar-refractivity contribution in [2.24, 2.45) is 0 Å². The van der Waals surface area contributed by atoms with Gasteiger partial charge in [-0.2, -0.15) is 66.4 Å². The van der Waals surface area contributed by atoms with Crippen LogP contribution >= 0.6 is 0 Å². The molecule has 22 heavy (non-hydrogen) atoms. The van der Waals surface area contributed by atoms with Gasteiger partial charge in [-0.3, -0.25) is 0 Å². The van der Waals surface area contributed by atoms with E-state index in [-0.39, 0.29) is 25.8 Å². The minimum absolute atomic E-state index is 0. The zero-order valence-corrected chi connectivity index (χ0v) is 17.0. The Kier molecular flexibility index (Phi) is 11.1. The number of rotatable bonds is 0. The predicted molar refractivity (Wildman–Crippen MR) is 93.3 cm³/mol. The van der Waals surface area contributed by atoms with Crippen molar-refractivity contribution >= 4 is 0 Å². The Bertz CT molecular complexity index is 540. The second kappa shape index (κ2) is 12.0. The van der Waals surface area contributed by atoms with Crippen LogP contribution in [0.5, 0.6) is 0 Å². The molecule has 0 spiro atoms. The minimum Gasteiger partial charge on any atom is -0.213 e. The van der Waals surface area contributed by atoms with Gasteiger partial charge in [-0.05, 0) is 0 Å². The van der Waals surface area contributed by atoms with E-state index in [0.717, 1.165) is 11.1 Å². The molecule has 3 aromatic carbocycles. The quantitative estimate of drug-likeness (QED) is 0.300. The van der Waals surface area contributed by atoms with Crippen molar-refractivity contribution in [3.05, 3.63) is 115 Å². The predicted octanol–water partition coefficient (Wildman–Crippen LogP) is 5.76. The van der Waals surface area contributed by atoms with Crippen LogP contribution < -0.4 is 0 Å². The normalized spacial score (nSPS) is 8.45. The molecule has 0 amide bonds. The molecule has 114 valence electrons. The summed E-state index contributed by atoms with van der Waals surface area (Å²) in [7, 11) is 0. The third-order valence-electron chi connectivity index (χ3n) is 3.00. The molecule has 0 aromatic heterocycles. The Hall–Kier alpha value is -1.60. The molecule has 0 aliphatic rings. The van der Waals surface area contributed by atoms with Crippen molar-refractivity contribution in [2.75, 3.05) is 0 Å². The Labute approximate surface area is 154 Å². The molecule has 0 N–H and O–H groups in total. The van der Waals surface area contributed by atoms with Crippen molar-refractivity contribution in [3.63, 3.8) is 0 Å². The smallest absolute Gasteiger partial charge is 0 e. The topological polar surface area (TPSA) is 0 Å². The molecule has 0 fully saturated rings. The summed E-state index contributed by atoms with van der Waals surface area (Å²) in [6.07, 6.45) is 0. The molecule has 0 aliphatic carbocycles. The molecule has 3 rings (SSSR count). The van der Waals surface area contributed by atoms with E-state index >= 15 is 0 Å². The van der Waals surface area contributed by atoms with Gasteiger partial charge < -0.3 is 0 Å². The van der Waals surface area contributed by atoms with Crippen LogP contribution in [-0.4, -0.2) is 0 Å². The zero-order valence-electron chi connectivity index (χ0n) is 13.4. The molecule has 0 nitrogen and oxygen atoms in total. The van der Waals surface area contributed by atoms with E-state index in [2.05, 4.69) is 45.9 Å². The third kappa shape index (κ3) is 9.36. The van der Waals surface area contributed by atoms with E-state index in [1.807, 2.05) is 60.7 Å². The van der Waals surface area contributed by atoms with E-state index in [4.69, 9.17) is 0 Å². The van der Waals surface area contributed by atoms with E-state index in [0.29, 0.717) is 0 Å². The molecule has 0 aliphatic heterocycles. The van der Waals surface area contributed by atoms with Crippen LogP contribution in [0.4, 0.5) is 0 Å². The van der Waals surface area contributed by atoms with E-state index in [1.54, 1.807) is 0 Å². The molecule has 0 saturated carbocycles. The molecule has 0 atom stereocenters. The first kappa shape index (κ1) is 20.4. The van der Waals surface area contributed by atoms with Gasteiger partial charge in [0.25, 0.3) is 0 Å². The Balaban J connectivity index is 0.000000294. The van der Waals surface area contributed by atoms with Crippen LogP contribution in [0.15, 0.2) is 78.9 Å². The fourth-order valence-electron chi connectivity index (χ4n) is 1.56. The molecule has 0 radical (unpaired) electrons. The molecular weight excluding hydrogens is 431 g/mol.